The molecule has 98 valence electrons. The van der Waals surface area contributed by atoms with Crippen molar-refractivity contribution < 1.29 is 0 Å². The molecule has 2 N–H and O–H groups in total. The van der Waals surface area contributed by atoms with Crippen LogP contribution in [0.1, 0.15) is 37.0 Å². The summed E-state index contributed by atoms with van der Waals surface area (Å²) in [5.74, 6) is 0. The van der Waals surface area contributed by atoms with Gasteiger partial charge in [0, 0.05) is 13.1 Å². The molecule has 1 aliphatic heterocycles. The Labute approximate surface area is 117 Å². The molecule has 3 nitrogen and oxygen atoms in total. The Balaban J connectivity index is 2.27. The van der Waals surface area contributed by atoms with E-state index in [9.17, 15) is 0 Å². The van der Waals surface area contributed by atoms with Crippen molar-refractivity contribution in [3.05, 3.63) is 4.88 Å². The van der Waals surface area contributed by atoms with Crippen molar-refractivity contribution >= 4 is 33.8 Å². The fourth-order valence-corrected chi connectivity index (χ4v) is 4.39. The number of nitrogen functional groups attached to an aromatic ring is 1. The van der Waals surface area contributed by atoms with Crippen molar-refractivity contribution in [1.82, 2.24) is 0 Å². The summed E-state index contributed by atoms with van der Waals surface area (Å²) in [7, 11) is 0. The molecule has 1 aromatic rings. The lowest BCUT2D eigenvalue weighted by atomic mass is 10.1. The Morgan fingerprint density at radius 2 is 1.83 bits per heavy atom. The van der Waals surface area contributed by atoms with E-state index in [1.165, 1.54) is 37.1 Å². The molecular weight excluding hydrogens is 262 g/mol. The number of nitriles is 1. The molecule has 0 bridgehead atoms. The summed E-state index contributed by atoms with van der Waals surface area (Å²) in [5.41, 5.74) is 6.72. The van der Waals surface area contributed by atoms with Crippen LogP contribution in [0.5, 0.6) is 0 Å². The number of nitrogens with zero attached hydrogens (tertiary/aromatic N) is 2. The summed E-state index contributed by atoms with van der Waals surface area (Å²) in [6.07, 6.45) is 8.52. The van der Waals surface area contributed by atoms with E-state index >= 15 is 0 Å². The molecule has 1 aromatic heterocycles. The summed E-state index contributed by atoms with van der Waals surface area (Å²) < 4.78 is 0. The van der Waals surface area contributed by atoms with Crippen LogP contribution in [0.2, 0.25) is 0 Å². The first-order valence-electron chi connectivity index (χ1n) is 6.39. The third-order valence-corrected chi connectivity index (χ3v) is 5.45. The van der Waals surface area contributed by atoms with E-state index in [4.69, 9.17) is 11.0 Å². The van der Waals surface area contributed by atoms with Gasteiger partial charge < -0.3 is 10.6 Å². The maximum absolute atomic E-state index is 9.10. The lowest BCUT2D eigenvalue weighted by Crippen LogP contribution is -2.26. The topological polar surface area (TPSA) is 53.0 Å². The highest BCUT2D eigenvalue weighted by Crippen LogP contribution is 2.43. The van der Waals surface area contributed by atoms with Crippen LogP contribution >= 0.6 is 23.1 Å². The fourth-order valence-electron chi connectivity index (χ4n) is 2.36. The molecule has 1 fully saturated rings. The number of hydrogen-bond acceptors (Lipinski definition) is 5. The van der Waals surface area contributed by atoms with Crippen molar-refractivity contribution in [2.45, 2.75) is 37.0 Å². The third kappa shape index (κ3) is 2.76. The zero-order chi connectivity index (χ0) is 13.0. The Morgan fingerprint density at radius 3 is 2.39 bits per heavy atom. The highest BCUT2D eigenvalue weighted by atomic mass is 32.2. The average Bonchev–Trinajstić information content (AvgIpc) is 2.65. The number of nitrogens with two attached hydrogens (primary N) is 1. The van der Waals surface area contributed by atoms with Crippen molar-refractivity contribution in [2.24, 2.45) is 0 Å². The smallest absolute Gasteiger partial charge is 0.131 e. The minimum absolute atomic E-state index is 0.663. The molecule has 2 heterocycles. The van der Waals surface area contributed by atoms with Crippen LogP contribution in [0, 0.1) is 11.3 Å². The van der Waals surface area contributed by atoms with Crippen LogP contribution in [-0.4, -0.2) is 19.3 Å². The van der Waals surface area contributed by atoms with E-state index in [-0.39, 0.29) is 0 Å². The molecule has 5 heteroatoms. The van der Waals surface area contributed by atoms with Crippen molar-refractivity contribution in [2.75, 3.05) is 30.0 Å². The van der Waals surface area contributed by atoms with Gasteiger partial charge in [-0.2, -0.15) is 5.26 Å². The first-order chi connectivity index (χ1) is 8.77. The molecule has 1 saturated heterocycles. The predicted octanol–water partition coefficient (Wildman–Crippen LogP) is 3.69. The third-order valence-electron chi connectivity index (χ3n) is 3.33. The minimum atomic E-state index is 0.663. The molecule has 1 aliphatic rings. The van der Waals surface area contributed by atoms with Gasteiger partial charge in [0.2, 0.25) is 0 Å². The number of hydrogen-bond donors (Lipinski definition) is 1. The predicted molar refractivity (Wildman–Crippen MR) is 80.5 cm³/mol. The summed E-state index contributed by atoms with van der Waals surface area (Å²) in [6.45, 7) is 2.19. The Hall–Kier alpha value is -0.860. The maximum atomic E-state index is 9.10. The first-order valence-corrected chi connectivity index (χ1v) is 8.43. The van der Waals surface area contributed by atoms with Gasteiger partial charge >= 0.3 is 0 Å². The lowest BCUT2D eigenvalue weighted by molar-refractivity contribution is 0.557. The first kappa shape index (κ1) is 13.6. The highest BCUT2D eigenvalue weighted by Gasteiger charge is 2.20. The van der Waals surface area contributed by atoms with E-state index in [2.05, 4.69) is 11.0 Å². The number of rotatable bonds is 2. The van der Waals surface area contributed by atoms with E-state index in [0.29, 0.717) is 10.6 Å². The van der Waals surface area contributed by atoms with Gasteiger partial charge in [-0.1, -0.05) is 19.3 Å². The monoisotopic (exact) mass is 281 g/mol. The molecule has 0 spiro atoms. The second-order valence-electron chi connectivity index (χ2n) is 4.55. The fraction of sp³-hybridized carbons (Fsp3) is 0.615. The number of anilines is 2. The average molecular weight is 281 g/mol. The Kier molecular flexibility index (Phi) is 4.79. The van der Waals surface area contributed by atoms with Gasteiger partial charge in [-0.15, -0.1) is 23.1 Å². The normalized spacial score (nSPS) is 17.0. The van der Waals surface area contributed by atoms with Gasteiger partial charge in [-0.3, -0.25) is 0 Å². The minimum Gasteiger partial charge on any atom is -0.396 e. The van der Waals surface area contributed by atoms with Crippen LogP contribution in [0.4, 0.5) is 10.7 Å². The van der Waals surface area contributed by atoms with Crippen LogP contribution in [0.3, 0.4) is 0 Å². The standard InChI is InChI=1S/C13H19N3S2/c1-17-12-11(15)10(9-14)18-13(12)16-7-5-3-2-4-6-8-16/h2-8,15H2,1H3. The molecule has 0 aromatic carbocycles. The van der Waals surface area contributed by atoms with Gasteiger partial charge in [0.15, 0.2) is 0 Å². The van der Waals surface area contributed by atoms with Gasteiger partial charge in [0.1, 0.15) is 15.9 Å². The molecule has 0 unspecified atom stereocenters. The van der Waals surface area contributed by atoms with Crippen LogP contribution < -0.4 is 10.6 Å². The summed E-state index contributed by atoms with van der Waals surface area (Å²) in [5, 5.41) is 10.3. The molecule has 0 radical (unpaired) electrons. The van der Waals surface area contributed by atoms with Gasteiger partial charge in [0.25, 0.3) is 0 Å². The van der Waals surface area contributed by atoms with Crippen molar-refractivity contribution in [3.63, 3.8) is 0 Å². The largest absolute Gasteiger partial charge is 0.396 e. The van der Waals surface area contributed by atoms with E-state index in [1.54, 1.807) is 23.1 Å². The van der Waals surface area contributed by atoms with Crippen molar-refractivity contribution in [1.29, 1.82) is 5.26 Å². The zero-order valence-corrected chi connectivity index (χ0v) is 12.4. The van der Waals surface area contributed by atoms with Gasteiger partial charge in [-0.05, 0) is 19.1 Å². The molecular formula is C13H19N3S2. The SMILES string of the molecule is CSc1c(N2CCCCCCC2)sc(C#N)c1N. The summed E-state index contributed by atoms with van der Waals surface area (Å²) in [4.78, 5) is 4.18. The van der Waals surface area contributed by atoms with Crippen LogP contribution in [0.15, 0.2) is 4.90 Å². The van der Waals surface area contributed by atoms with Gasteiger partial charge in [-0.25, -0.2) is 0 Å². The highest BCUT2D eigenvalue weighted by molar-refractivity contribution is 7.99. The molecule has 2 rings (SSSR count). The van der Waals surface area contributed by atoms with E-state index in [1.807, 2.05) is 6.26 Å². The van der Waals surface area contributed by atoms with E-state index < -0.39 is 0 Å². The Bertz CT molecular complexity index is 440. The van der Waals surface area contributed by atoms with E-state index in [0.717, 1.165) is 18.0 Å². The van der Waals surface area contributed by atoms with Crippen LogP contribution in [0.25, 0.3) is 0 Å². The quantitative estimate of drug-likeness (QED) is 0.840. The van der Waals surface area contributed by atoms with Gasteiger partial charge in [0.05, 0.1) is 10.6 Å². The zero-order valence-electron chi connectivity index (χ0n) is 10.7. The number of thioether (sulfide) groups is 1. The van der Waals surface area contributed by atoms with Crippen LogP contribution in [-0.2, 0) is 0 Å². The molecule has 0 amide bonds. The Morgan fingerprint density at radius 1 is 1.22 bits per heavy atom. The molecule has 0 aliphatic carbocycles. The molecule has 0 saturated carbocycles. The molecule has 0 atom stereocenters. The second kappa shape index (κ2) is 6.35. The maximum Gasteiger partial charge on any atom is 0.131 e. The number of thiophene rings is 1. The summed E-state index contributed by atoms with van der Waals surface area (Å²) >= 11 is 3.21. The lowest BCUT2D eigenvalue weighted by Gasteiger charge is -2.26. The second-order valence-corrected chi connectivity index (χ2v) is 6.37. The van der Waals surface area contributed by atoms with Crippen molar-refractivity contribution in [3.8, 4) is 6.07 Å². The summed E-state index contributed by atoms with van der Waals surface area (Å²) in [6, 6.07) is 2.21. The molecule has 18 heavy (non-hydrogen) atoms.